The van der Waals surface area contributed by atoms with Crippen molar-refractivity contribution in [2.45, 2.75) is 12.3 Å². The molecule has 1 unspecified atom stereocenters. The van der Waals surface area contributed by atoms with Crippen molar-refractivity contribution in [1.29, 1.82) is 0 Å². The van der Waals surface area contributed by atoms with Crippen LogP contribution < -0.4 is 5.32 Å². The topological polar surface area (TPSA) is 47.6 Å². The van der Waals surface area contributed by atoms with Gasteiger partial charge in [0.15, 0.2) is 6.10 Å². The zero-order chi connectivity index (χ0) is 10.6. The molecule has 14 heavy (non-hydrogen) atoms. The maximum atomic E-state index is 11.7. The van der Waals surface area contributed by atoms with Gasteiger partial charge in [0, 0.05) is 0 Å². The van der Waals surface area contributed by atoms with Crippen LogP contribution in [0.1, 0.15) is 0 Å². The molecule has 0 aromatic carbocycles. The third-order valence-electron chi connectivity index (χ3n) is 1.57. The number of carbonyl (C=O) groups excluding carboxylic acids is 1. The van der Waals surface area contributed by atoms with Crippen molar-refractivity contribution < 1.29 is 27.4 Å². The van der Waals surface area contributed by atoms with Gasteiger partial charge in [0.05, 0.1) is 19.8 Å². The number of nitrogens with one attached hydrogen (secondary N) is 1. The minimum absolute atomic E-state index is 0.00366. The molecule has 1 atom stereocenters. The molecule has 0 aromatic heterocycles. The Balaban J connectivity index is 2.27. The Morgan fingerprint density at radius 2 is 2.14 bits per heavy atom. The van der Waals surface area contributed by atoms with Crippen molar-refractivity contribution in [3.63, 3.8) is 0 Å². The summed E-state index contributed by atoms with van der Waals surface area (Å²) in [5.41, 5.74) is 0. The van der Waals surface area contributed by atoms with Crippen molar-refractivity contribution in [3.8, 4) is 0 Å². The summed E-state index contributed by atoms with van der Waals surface area (Å²) in [7, 11) is 0. The Morgan fingerprint density at radius 3 is 2.64 bits per heavy atom. The van der Waals surface area contributed by atoms with Crippen LogP contribution >= 0.6 is 0 Å². The van der Waals surface area contributed by atoms with E-state index in [9.17, 15) is 18.0 Å². The summed E-state index contributed by atoms with van der Waals surface area (Å²) < 4.78 is 44.9. The lowest BCUT2D eigenvalue weighted by Crippen LogP contribution is -2.45. The standard InChI is InChI=1S/C7H10F3NO3/c8-7(9,10)4-11-6(12)5-3-13-1-2-14-5/h5H,1-4H2,(H,11,12). The van der Waals surface area contributed by atoms with Crippen LogP contribution in [0, 0.1) is 0 Å². The number of halogens is 3. The Labute approximate surface area is 78.4 Å². The monoisotopic (exact) mass is 213 g/mol. The normalized spacial score (nSPS) is 23.2. The van der Waals surface area contributed by atoms with Crippen LogP contribution in [0.5, 0.6) is 0 Å². The predicted octanol–water partition coefficient (Wildman–Crippen LogP) is 0.0803. The molecule has 0 aliphatic carbocycles. The quantitative estimate of drug-likeness (QED) is 0.706. The molecule has 1 heterocycles. The summed E-state index contributed by atoms with van der Waals surface area (Å²) in [5.74, 6) is -0.790. The second-order valence-corrected chi connectivity index (χ2v) is 2.77. The van der Waals surface area contributed by atoms with Crippen LogP contribution in [-0.4, -0.2) is 44.6 Å². The molecule has 0 saturated carbocycles. The fourth-order valence-electron chi connectivity index (χ4n) is 0.940. The highest BCUT2D eigenvalue weighted by molar-refractivity contribution is 5.81. The van der Waals surface area contributed by atoms with Gasteiger partial charge >= 0.3 is 6.18 Å². The van der Waals surface area contributed by atoms with E-state index in [4.69, 9.17) is 9.47 Å². The average Bonchev–Trinajstić information content (AvgIpc) is 2.14. The molecule has 0 radical (unpaired) electrons. The number of amides is 1. The van der Waals surface area contributed by atoms with Gasteiger partial charge in [0.25, 0.3) is 5.91 Å². The van der Waals surface area contributed by atoms with E-state index in [1.54, 1.807) is 5.32 Å². The molecular weight excluding hydrogens is 203 g/mol. The van der Waals surface area contributed by atoms with E-state index in [1.165, 1.54) is 0 Å². The van der Waals surface area contributed by atoms with E-state index >= 15 is 0 Å². The van der Waals surface area contributed by atoms with Crippen LogP contribution in [0.3, 0.4) is 0 Å². The molecule has 1 amide bonds. The van der Waals surface area contributed by atoms with Gasteiger partial charge in [0.1, 0.15) is 6.54 Å². The van der Waals surface area contributed by atoms with Crippen LogP contribution in [0.15, 0.2) is 0 Å². The number of alkyl halides is 3. The summed E-state index contributed by atoms with van der Waals surface area (Å²) in [6, 6.07) is 0. The summed E-state index contributed by atoms with van der Waals surface area (Å²) in [6.45, 7) is -0.747. The highest BCUT2D eigenvalue weighted by Gasteiger charge is 2.30. The summed E-state index contributed by atoms with van der Waals surface area (Å²) in [4.78, 5) is 11.0. The van der Waals surface area contributed by atoms with Crippen LogP contribution in [0.4, 0.5) is 13.2 Å². The van der Waals surface area contributed by atoms with Gasteiger partial charge in [-0.2, -0.15) is 13.2 Å². The summed E-state index contributed by atoms with van der Waals surface area (Å²) in [5, 5.41) is 1.72. The minimum atomic E-state index is -4.40. The fraction of sp³-hybridized carbons (Fsp3) is 0.857. The van der Waals surface area contributed by atoms with Gasteiger partial charge in [0.2, 0.25) is 0 Å². The molecule has 82 valence electrons. The maximum absolute atomic E-state index is 11.7. The van der Waals surface area contributed by atoms with E-state index in [0.29, 0.717) is 6.61 Å². The fourth-order valence-corrected chi connectivity index (χ4v) is 0.940. The van der Waals surface area contributed by atoms with Crippen molar-refractivity contribution in [3.05, 3.63) is 0 Å². The molecule has 7 heteroatoms. The first-order valence-corrected chi connectivity index (χ1v) is 4.03. The van der Waals surface area contributed by atoms with E-state index in [-0.39, 0.29) is 13.2 Å². The maximum Gasteiger partial charge on any atom is 0.405 e. The Morgan fingerprint density at radius 1 is 1.43 bits per heavy atom. The summed E-state index contributed by atoms with van der Waals surface area (Å²) in [6.07, 6.45) is -5.32. The molecule has 0 spiro atoms. The van der Waals surface area contributed by atoms with Gasteiger partial charge < -0.3 is 14.8 Å². The number of hydrogen-bond donors (Lipinski definition) is 1. The highest BCUT2D eigenvalue weighted by Crippen LogP contribution is 2.12. The molecule has 0 bridgehead atoms. The Kier molecular flexibility index (Phi) is 3.70. The van der Waals surface area contributed by atoms with E-state index in [0.717, 1.165) is 0 Å². The molecular formula is C7H10F3NO3. The van der Waals surface area contributed by atoms with Crippen molar-refractivity contribution in [1.82, 2.24) is 5.32 Å². The zero-order valence-electron chi connectivity index (χ0n) is 7.26. The lowest BCUT2D eigenvalue weighted by molar-refractivity contribution is -0.156. The minimum Gasteiger partial charge on any atom is -0.376 e. The first kappa shape index (κ1) is 11.3. The van der Waals surface area contributed by atoms with Gasteiger partial charge in [-0.15, -0.1) is 0 Å². The molecule has 1 fully saturated rings. The first-order chi connectivity index (χ1) is 6.49. The van der Waals surface area contributed by atoms with Gasteiger partial charge in [-0.25, -0.2) is 0 Å². The smallest absolute Gasteiger partial charge is 0.376 e. The second-order valence-electron chi connectivity index (χ2n) is 2.77. The van der Waals surface area contributed by atoms with Gasteiger partial charge in [-0.05, 0) is 0 Å². The lowest BCUT2D eigenvalue weighted by Gasteiger charge is -2.22. The second kappa shape index (κ2) is 4.61. The first-order valence-electron chi connectivity index (χ1n) is 4.03. The summed E-state index contributed by atoms with van der Waals surface area (Å²) >= 11 is 0. The molecule has 1 rings (SSSR count). The SMILES string of the molecule is O=C(NCC(F)(F)F)C1COCCO1. The number of ether oxygens (including phenoxy) is 2. The molecule has 1 saturated heterocycles. The largest absolute Gasteiger partial charge is 0.405 e. The lowest BCUT2D eigenvalue weighted by atomic mass is 10.3. The van der Waals surface area contributed by atoms with Crippen LogP contribution in [-0.2, 0) is 14.3 Å². The van der Waals surface area contributed by atoms with E-state index in [1.807, 2.05) is 0 Å². The molecule has 1 aliphatic heterocycles. The van der Waals surface area contributed by atoms with Crippen LogP contribution in [0.2, 0.25) is 0 Å². The number of hydrogen-bond acceptors (Lipinski definition) is 3. The highest BCUT2D eigenvalue weighted by atomic mass is 19.4. The molecule has 1 N–H and O–H groups in total. The average molecular weight is 213 g/mol. The van der Waals surface area contributed by atoms with Crippen molar-refractivity contribution >= 4 is 5.91 Å². The molecule has 0 aromatic rings. The predicted molar refractivity (Wildman–Crippen MR) is 39.6 cm³/mol. The van der Waals surface area contributed by atoms with E-state index in [2.05, 4.69) is 0 Å². The number of rotatable bonds is 2. The van der Waals surface area contributed by atoms with Crippen molar-refractivity contribution in [2.24, 2.45) is 0 Å². The van der Waals surface area contributed by atoms with Gasteiger partial charge in [-0.3, -0.25) is 4.79 Å². The van der Waals surface area contributed by atoms with Crippen LogP contribution in [0.25, 0.3) is 0 Å². The Hall–Kier alpha value is -0.820. The molecule has 4 nitrogen and oxygen atoms in total. The third-order valence-corrected chi connectivity index (χ3v) is 1.57. The van der Waals surface area contributed by atoms with Crippen molar-refractivity contribution in [2.75, 3.05) is 26.4 Å². The third kappa shape index (κ3) is 3.93. The zero-order valence-corrected chi connectivity index (χ0v) is 7.26. The number of carbonyl (C=O) groups is 1. The Bertz CT molecular complexity index is 201. The van der Waals surface area contributed by atoms with E-state index < -0.39 is 24.7 Å². The van der Waals surface area contributed by atoms with Gasteiger partial charge in [-0.1, -0.05) is 0 Å². The molecule has 1 aliphatic rings.